The molecule has 1 aromatic carbocycles. The van der Waals surface area contributed by atoms with Gasteiger partial charge in [0.15, 0.2) is 0 Å². The van der Waals surface area contributed by atoms with E-state index >= 15 is 0 Å². The SMILES string of the molecule is CC(C)CCN(C)c1ncnc2c(F)cccc12. The third-order valence-electron chi connectivity index (χ3n) is 3.00. The Bertz CT molecular complexity index is 540. The zero-order chi connectivity index (χ0) is 13.1. The van der Waals surface area contributed by atoms with Gasteiger partial charge in [0, 0.05) is 19.0 Å². The summed E-state index contributed by atoms with van der Waals surface area (Å²) in [5.74, 6) is 1.13. The summed E-state index contributed by atoms with van der Waals surface area (Å²) in [6.07, 6.45) is 2.50. The summed E-state index contributed by atoms with van der Waals surface area (Å²) in [6.45, 7) is 5.28. The number of hydrogen-bond acceptors (Lipinski definition) is 3. The first-order valence-corrected chi connectivity index (χ1v) is 6.20. The highest BCUT2D eigenvalue weighted by Gasteiger charge is 2.11. The lowest BCUT2D eigenvalue weighted by Crippen LogP contribution is -2.21. The lowest BCUT2D eigenvalue weighted by molar-refractivity contribution is 0.584. The number of anilines is 1. The second-order valence-corrected chi connectivity index (χ2v) is 4.94. The molecule has 0 fully saturated rings. The van der Waals surface area contributed by atoms with E-state index in [0.717, 1.165) is 24.2 Å². The van der Waals surface area contributed by atoms with Crippen molar-refractivity contribution in [2.75, 3.05) is 18.5 Å². The number of aromatic nitrogens is 2. The fourth-order valence-electron chi connectivity index (χ4n) is 1.90. The van der Waals surface area contributed by atoms with Crippen LogP contribution in [0.4, 0.5) is 10.2 Å². The molecule has 0 bridgehead atoms. The van der Waals surface area contributed by atoms with Gasteiger partial charge in [-0.2, -0.15) is 0 Å². The molecule has 2 aromatic rings. The molecule has 96 valence electrons. The molecule has 0 atom stereocenters. The van der Waals surface area contributed by atoms with E-state index in [0.29, 0.717) is 11.4 Å². The number of benzene rings is 1. The number of nitrogens with zero attached hydrogens (tertiary/aromatic N) is 3. The van der Waals surface area contributed by atoms with Crippen LogP contribution in [0.25, 0.3) is 10.9 Å². The van der Waals surface area contributed by atoms with Crippen LogP contribution in [0.2, 0.25) is 0 Å². The highest BCUT2D eigenvalue weighted by atomic mass is 19.1. The third kappa shape index (κ3) is 2.58. The Morgan fingerprint density at radius 1 is 1.28 bits per heavy atom. The van der Waals surface area contributed by atoms with E-state index in [1.165, 1.54) is 12.4 Å². The largest absolute Gasteiger partial charge is 0.359 e. The number of para-hydroxylation sites is 1. The van der Waals surface area contributed by atoms with Crippen molar-refractivity contribution in [3.05, 3.63) is 30.3 Å². The molecule has 1 aromatic heterocycles. The van der Waals surface area contributed by atoms with Crippen molar-refractivity contribution in [1.82, 2.24) is 9.97 Å². The van der Waals surface area contributed by atoms with E-state index in [1.54, 1.807) is 6.07 Å². The molecule has 0 radical (unpaired) electrons. The minimum absolute atomic E-state index is 0.298. The standard InChI is InChI=1S/C14H18FN3/c1-10(2)7-8-18(3)14-11-5-4-6-12(15)13(11)16-9-17-14/h4-6,9-10H,7-8H2,1-3H3. The number of rotatable bonds is 4. The summed E-state index contributed by atoms with van der Waals surface area (Å²) >= 11 is 0. The Morgan fingerprint density at radius 3 is 2.78 bits per heavy atom. The van der Waals surface area contributed by atoms with Gasteiger partial charge in [0.1, 0.15) is 23.5 Å². The van der Waals surface area contributed by atoms with Gasteiger partial charge in [-0.05, 0) is 24.5 Å². The summed E-state index contributed by atoms with van der Waals surface area (Å²) in [7, 11) is 1.98. The van der Waals surface area contributed by atoms with Crippen LogP contribution in [0.3, 0.4) is 0 Å². The Labute approximate surface area is 107 Å². The van der Waals surface area contributed by atoms with Gasteiger partial charge in [-0.15, -0.1) is 0 Å². The minimum Gasteiger partial charge on any atom is -0.359 e. The molecular formula is C14H18FN3. The Morgan fingerprint density at radius 2 is 2.06 bits per heavy atom. The smallest absolute Gasteiger partial charge is 0.149 e. The maximum atomic E-state index is 13.6. The molecule has 2 rings (SSSR count). The van der Waals surface area contributed by atoms with Crippen LogP contribution in [0.5, 0.6) is 0 Å². The first-order valence-electron chi connectivity index (χ1n) is 6.20. The van der Waals surface area contributed by atoms with Crippen molar-refractivity contribution >= 4 is 16.7 Å². The van der Waals surface area contributed by atoms with Crippen molar-refractivity contribution in [3.63, 3.8) is 0 Å². The van der Waals surface area contributed by atoms with Gasteiger partial charge < -0.3 is 4.90 Å². The van der Waals surface area contributed by atoms with Crippen LogP contribution in [0.1, 0.15) is 20.3 Å². The van der Waals surface area contributed by atoms with Crippen molar-refractivity contribution in [2.45, 2.75) is 20.3 Å². The molecule has 0 spiro atoms. The van der Waals surface area contributed by atoms with Gasteiger partial charge in [0.25, 0.3) is 0 Å². The van der Waals surface area contributed by atoms with Gasteiger partial charge >= 0.3 is 0 Å². The van der Waals surface area contributed by atoms with Crippen molar-refractivity contribution in [1.29, 1.82) is 0 Å². The fraction of sp³-hybridized carbons (Fsp3) is 0.429. The first kappa shape index (κ1) is 12.7. The monoisotopic (exact) mass is 247 g/mol. The molecule has 1 heterocycles. The molecule has 18 heavy (non-hydrogen) atoms. The molecule has 0 unspecified atom stereocenters. The van der Waals surface area contributed by atoms with Gasteiger partial charge in [0.05, 0.1) is 0 Å². The zero-order valence-corrected chi connectivity index (χ0v) is 11.0. The molecule has 0 aliphatic rings. The Kier molecular flexibility index (Phi) is 3.75. The molecule has 0 saturated heterocycles. The predicted octanol–water partition coefficient (Wildman–Crippen LogP) is 3.25. The van der Waals surface area contributed by atoms with Crippen molar-refractivity contribution in [3.8, 4) is 0 Å². The average molecular weight is 247 g/mol. The van der Waals surface area contributed by atoms with E-state index < -0.39 is 0 Å². The predicted molar refractivity (Wildman–Crippen MR) is 72.2 cm³/mol. The number of fused-ring (bicyclic) bond motifs is 1. The maximum absolute atomic E-state index is 13.6. The zero-order valence-electron chi connectivity index (χ0n) is 11.0. The van der Waals surface area contributed by atoms with Crippen LogP contribution in [0, 0.1) is 11.7 Å². The lowest BCUT2D eigenvalue weighted by atomic mass is 10.1. The summed E-state index contributed by atoms with van der Waals surface area (Å²) in [5, 5.41) is 0.767. The number of hydrogen-bond donors (Lipinski definition) is 0. The first-order chi connectivity index (χ1) is 8.59. The quantitative estimate of drug-likeness (QED) is 0.830. The maximum Gasteiger partial charge on any atom is 0.149 e. The van der Waals surface area contributed by atoms with Gasteiger partial charge in [-0.25, -0.2) is 14.4 Å². The normalized spacial score (nSPS) is 11.2. The molecule has 0 saturated carbocycles. The summed E-state index contributed by atoms with van der Waals surface area (Å²) in [6, 6.07) is 4.98. The minimum atomic E-state index is -0.298. The molecular weight excluding hydrogens is 229 g/mol. The molecule has 0 N–H and O–H groups in total. The van der Waals surface area contributed by atoms with Crippen molar-refractivity contribution in [2.24, 2.45) is 5.92 Å². The van der Waals surface area contributed by atoms with Crippen LogP contribution in [0.15, 0.2) is 24.5 Å². The Hall–Kier alpha value is -1.71. The molecule has 3 nitrogen and oxygen atoms in total. The summed E-state index contributed by atoms with van der Waals surface area (Å²) < 4.78 is 13.6. The second-order valence-electron chi connectivity index (χ2n) is 4.94. The molecule has 0 aliphatic carbocycles. The average Bonchev–Trinajstić information content (AvgIpc) is 2.36. The van der Waals surface area contributed by atoms with Gasteiger partial charge in [0.2, 0.25) is 0 Å². The van der Waals surface area contributed by atoms with Crippen LogP contribution in [-0.4, -0.2) is 23.6 Å². The molecule has 0 amide bonds. The van der Waals surface area contributed by atoms with Crippen LogP contribution in [-0.2, 0) is 0 Å². The highest BCUT2D eigenvalue weighted by Crippen LogP contribution is 2.23. The van der Waals surface area contributed by atoms with E-state index in [2.05, 4.69) is 28.7 Å². The third-order valence-corrected chi connectivity index (χ3v) is 3.00. The van der Waals surface area contributed by atoms with E-state index in [-0.39, 0.29) is 5.82 Å². The van der Waals surface area contributed by atoms with E-state index in [4.69, 9.17) is 0 Å². The summed E-state index contributed by atoms with van der Waals surface area (Å²) in [5.41, 5.74) is 0.388. The molecule has 4 heteroatoms. The second kappa shape index (κ2) is 5.29. The van der Waals surface area contributed by atoms with E-state index in [1.807, 2.05) is 13.1 Å². The molecule has 0 aliphatic heterocycles. The fourth-order valence-corrected chi connectivity index (χ4v) is 1.90. The van der Waals surface area contributed by atoms with Gasteiger partial charge in [-0.3, -0.25) is 0 Å². The summed E-state index contributed by atoms with van der Waals surface area (Å²) in [4.78, 5) is 10.3. The number of halogens is 1. The topological polar surface area (TPSA) is 29.0 Å². The van der Waals surface area contributed by atoms with Gasteiger partial charge in [-0.1, -0.05) is 19.9 Å². The lowest BCUT2D eigenvalue weighted by Gasteiger charge is -2.20. The van der Waals surface area contributed by atoms with Crippen LogP contribution < -0.4 is 4.90 Å². The van der Waals surface area contributed by atoms with E-state index in [9.17, 15) is 4.39 Å². The highest BCUT2D eigenvalue weighted by molar-refractivity contribution is 5.89. The van der Waals surface area contributed by atoms with Crippen LogP contribution >= 0.6 is 0 Å². The Balaban J connectivity index is 2.36. The van der Waals surface area contributed by atoms with Crippen molar-refractivity contribution < 1.29 is 4.39 Å².